The maximum atomic E-state index is 13.2. The van der Waals surface area contributed by atoms with Crippen molar-refractivity contribution >= 4 is 22.4 Å². The van der Waals surface area contributed by atoms with Gasteiger partial charge < -0.3 is 0 Å². The third kappa shape index (κ3) is 4.62. The highest BCUT2D eigenvalue weighted by molar-refractivity contribution is 7.18. The number of aromatic nitrogens is 3. The summed E-state index contributed by atoms with van der Waals surface area (Å²) < 4.78 is 0. The van der Waals surface area contributed by atoms with Crippen molar-refractivity contribution in [3.05, 3.63) is 59.9 Å². The first kappa shape index (κ1) is 20.1. The van der Waals surface area contributed by atoms with Gasteiger partial charge in [0.2, 0.25) is 5.13 Å². The van der Waals surface area contributed by atoms with E-state index in [0.29, 0.717) is 17.2 Å². The summed E-state index contributed by atoms with van der Waals surface area (Å²) in [7, 11) is 0. The van der Waals surface area contributed by atoms with Crippen LogP contribution in [0.4, 0.5) is 5.13 Å². The third-order valence-corrected chi connectivity index (χ3v) is 5.53. The molecule has 2 aromatic heterocycles. The molecule has 0 aliphatic heterocycles. The van der Waals surface area contributed by atoms with Gasteiger partial charge in [0.05, 0.1) is 0 Å². The van der Waals surface area contributed by atoms with E-state index >= 15 is 0 Å². The first-order valence-corrected chi connectivity index (χ1v) is 10.4. The molecular formula is C22H26N4OS. The van der Waals surface area contributed by atoms with E-state index < -0.39 is 0 Å². The van der Waals surface area contributed by atoms with Crippen LogP contribution in [0, 0.1) is 0 Å². The molecule has 3 rings (SSSR count). The normalized spacial score (nSPS) is 11.4. The number of anilines is 1. The van der Waals surface area contributed by atoms with Crippen LogP contribution in [0.3, 0.4) is 0 Å². The highest BCUT2D eigenvalue weighted by Crippen LogP contribution is 2.30. The molecule has 1 aromatic carbocycles. The van der Waals surface area contributed by atoms with Crippen LogP contribution < -0.4 is 4.90 Å². The van der Waals surface area contributed by atoms with E-state index in [1.165, 1.54) is 16.9 Å². The zero-order chi connectivity index (χ0) is 20.1. The van der Waals surface area contributed by atoms with Crippen molar-refractivity contribution in [2.24, 2.45) is 0 Å². The molecule has 0 aliphatic carbocycles. The summed E-state index contributed by atoms with van der Waals surface area (Å²) in [4.78, 5) is 19.1. The number of rotatable bonds is 6. The highest BCUT2D eigenvalue weighted by atomic mass is 32.1. The third-order valence-electron chi connectivity index (χ3n) is 4.53. The molecule has 28 heavy (non-hydrogen) atoms. The summed E-state index contributed by atoms with van der Waals surface area (Å²) in [5.74, 6) is -0.0391. The molecule has 1 amide bonds. The largest absolute Gasteiger partial charge is 0.283 e. The Labute approximate surface area is 170 Å². The summed E-state index contributed by atoms with van der Waals surface area (Å²) in [6.45, 7) is 9.23. The lowest BCUT2D eigenvalue weighted by atomic mass is 9.86. The number of amides is 1. The zero-order valence-corrected chi connectivity index (χ0v) is 17.7. The SMILES string of the molecule is CCCCN(C(=O)c1ccc(C(C)(C)C)cc1)c1nnc(-c2cccnc2)s1. The fourth-order valence-electron chi connectivity index (χ4n) is 2.80. The van der Waals surface area contributed by atoms with Gasteiger partial charge in [-0.1, -0.05) is 57.6 Å². The molecule has 2 heterocycles. The van der Waals surface area contributed by atoms with Gasteiger partial charge in [-0.05, 0) is 41.7 Å². The van der Waals surface area contributed by atoms with Crippen LogP contribution in [0.15, 0.2) is 48.8 Å². The molecule has 0 saturated heterocycles. The average Bonchev–Trinajstić information content (AvgIpc) is 3.18. The van der Waals surface area contributed by atoms with E-state index in [4.69, 9.17) is 0 Å². The Hall–Kier alpha value is -2.60. The first-order chi connectivity index (χ1) is 13.4. The molecule has 0 spiro atoms. The van der Waals surface area contributed by atoms with Crippen LogP contribution in [0.2, 0.25) is 0 Å². The molecule has 6 heteroatoms. The molecule has 0 aliphatic rings. The number of hydrogen-bond donors (Lipinski definition) is 0. The minimum absolute atomic E-state index is 0.0391. The Morgan fingerprint density at radius 2 is 1.86 bits per heavy atom. The lowest BCUT2D eigenvalue weighted by molar-refractivity contribution is 0.0986. The van der Waals surface area contributed by atoms with Gasteiger partial charge in [0, 0.05) is 30.1 Å². The Balaban J connectivity index is 1.88. The molecule has 0 saturated carbocycles. The summed E-state index contributed by atoms with van der Waals surface area (Å²) in [5, 5.41) is 9.95. The van der Waals surface area contributed by atoms with Crippen LogP contribution in [-0.4, -0.2) is 27.6 Å². The van der Waals surface area contributed by atoms with Gasteiger partial charge in [-0.25, -0.2) is 0 Å². The second-order valence-electron chi connectivity index (χ2n) is 7.77. The molecule has 0 radical (unpaired) electrons. The first-order valence-electron chi connectivity index (χ1n) is 9.56. The van der Waals surface area contributed by atoms with Crippen LogP contribution in [0.5, 0.6) is 0 Å². The van der Waals surface area contributed by atoms with Gasteiger partial charge in [-0.2, -0.15) is 0 Å². The Bertz CT molecular complexity index is 914. The minimum atomic E-state index is -0.0391. The maximum Gasteiger partial charge on any atom is 0.260 e. The molecule has 0 unspecified atom stereocenters. The van der Waals surface area contributed by atoms with Gasteiger partial charge in [0.1, 0.15) is 0 Å². The number of carbonyl (C=O) groups is 1. The van der Waals surface area contributed by atoms with E-state index in [0.717, 1.165) is 23.4 Å². The van der Waals surface area contributed by atoms with Gasteiger partial charge in [-0.3, -0.25) is 14.7 Å². The quantitative estimate of drug-likeness (QED) is 0.566. The number of nitrogens with zero attached hydrogens (tertiary/aromatic N) is 4. The molecule has 0 bridgehead atoms. The molecular weight excluding hydrogens is 368 g/mol. The van der Waals surface area contributed by atoms with E-state index in [-0.39, 0.29) is 11.3 Å². The smallest absolute Gasteiger partial charge is 0.260 e. The van der Waals surface area contributed by atoms with Crippen molar-refractivity contribution in [2.45, 2.75) is 46.0 Å². The molecule has 0 N–H and O–H groups in total. The van der Waals surface area contributed by atoms with Crippen molar-refractivity contribution in [1.29, 1.82) is 0 Å². The summed E-state index contributed by atoms with van der Waals surface area (Å²) in [6, 6.07) is 11.7. The highest BCUT2D eigenvalue weighted by Gasteiger charge is 2.22. The van der Waals surface area contributed by atoms with Gasteiger partial charge >= 0.3 is 0 Å². The standard InChI is InChI=1S/C22H26N4OS/c1-5-6-14-26(20(27)16-9-11-18(12-10-16)22(2,3)4)21-25-24-19(28-21)17-8-7-13-23-15-17/h7-13,15H,5-6,14H2,1-4H3. The number of benzene rings is 1. The van der Waals surface area contributed by atoms with Crippen molar-refractivity contribution in [1.82, 2.24) is 15.2 Å². The minimum Gasteiger partial charge on any atom is -0.283 e. The molecule has 0 atom stereocenters. The fraction of sp³-hybridized carbons (Fsp3) is 0.364. The zero-order valence-electron chi connectivity index (χ0n) is 16.8. The summed E-state index contributed by atoms with van der Waals surface area (Å²) >= 11 is 1.42. The van der Waals surface area contributed by atoms with Crippen LogP contribution in [-0.2, 0) is 5.41 Å². The second-order valence-corrected chi connectivity index (χ2v) is 8.73. The molecule has 5 nitrogen and oxygen atoms in total. The average molecular weight is 395 g/mol. The molecule has 146 valence electrons. The predicted molar refractivity (Wildman–Crippen MR) is 115 cm³/mol. The fourth-order valence-corrected chi connectivity index (χ4v) is 3.66. The van der Waals surface area contributed by atoms with E-state index in [9.17, 15) is 4.79 Å². The van der Waals surface area contributed by atoms with E-state index in [1.54, 1.807) is 17.3 Å². The van der Waals surface area contributed by atoms with Crippen molar-refractivity contribution in [3.63, 3.8) is 0 Å². The lowest BCUT2D eigenvalue weighted by Gasteiger charge is -2.21. The topological polar surface area (TPSA) is 59.0 Å². The number of pyridine rings is 1. The van der Waals surface area contributed by atoms with Crippen LogP contribution >= 0.6 is 11.3 Å². The predicted octanol–water partition coefficient (Wildman–Crippen LogP) is 5.34. The molecule has 3 aromatic rings. The number of hydrogen-bond acceptors (Lipinski definition) is 5. The van der Waals surface area contributed by atoms with Gasteiger partial charge in [0.25, 0.3) is 5.91 Å². The van der Waals surface area contributed by atoms with E-state index in [2.05, 4.69) is 42.9 Å². The van der Waals surface area contributed by atoms with Crippen LogP contribution in [0.1, 0.15) is 56.5 Å². The molecule has 0 fully saturated rings. The maximum absolute atomic E-state index is 13.2. The Morgan fingerprint density at radius 3 is 2.46 bits per heavy atom. The Kier molecular flexibility index (Phi) is 6.19. The van der Waals surface area contributed by atoms with Gasteiger partial charge in [0.15, 0.2) is 5.01 Å². The van der Waals surface area contributed by atoms with Crippen molar-refractivity contribution in [3.8, 4) is 10.6 Å². The van der Waals surface area contributed by atoms with Crippen LogP contribution in [0.25, 0.3) is 10.6 Å². The number of unbranched alkanes of at least 4 members (excludes halogenated alkanes) is 1. The number of carbonyl (C=O) groups excluding carboxylic acids is 1. The Morgan fingerprint density at radius 1 is 1.11 bits per heavy atom. The summed E-state index contributed by atoms with van der Waals surface area (Å²) in [6.07, 6.45) is 5.39. The second kappa shape index (κ2) is 8.61. The van der Waals surface area contributed by atoms with Crippen molar-refractivity contribution in [2.75, 3.05) is 11.4 Å². The summed E-state index contributed by atoms with van der Waals surface area (Å²) in [5.41, 5.74) is 2.84. The van der Waals surface area contributed by atoms with Crippen molar-refractivity contribution < 1.29 is 4.79 Å². The van der Waals surface area contributed by atoms with E-state index in [1.807, 2.05) is 36.4 Å². The lowest BCUT2D eigenvalue weighted by Crippen LogP contribution is -2.32. The monoisotopic (exact) mass is 394 g/mol. The van der Waals surface area contributed by atoms with Gasteiger partial charge in [-0.15, -0.1) is 10.2 Å².